The fourth-order valence-corrected chi connectivity index (χ4v) is 3.85. The van der Waals surface area contributed by atoms with E-state index in [-0.39, 0.29) is 23.6 Å². The van der Waals surface area contributed by atoms with Gasteiger partial charge in [-0.05, 0) is 38.5 Å². The van der Waals surface area contributed by atoms with E-state index in [0.717, 1.165) is 25.7 Å². The lowest BCUT2D eigenvalue weighted by Crippen LogP contribution is -2.51. The van der Waals surface area contributed by atoms with Crippen LogP contribution in [0.3, 0.4) is 0 Å². The Labute approximate surface area is 150 Å². The van der Waals surface area contributed by atoms with Crippen molar-refractivity contribution >= 4 is 17.6 Å². The van der Waals surface area contributed by atoms with Crippen LogP contribution in [-0.4, -0.2) is 55.3 Å². The third kappa shape index (κ3) is 4.69. The van der Waals surface area contributed by atoms with Gasteiger partial charge in [-0.25, -0.2) is 0 Å². The van der Waals surface area contributed by atoms with Gasteiger partial charge < -0.3 is 15.0 Å². The van der Waals surface area contributed by atoms with Crippen molar-refractivity contribution in [2.75, 3.05) is 26.8 Å². The van der Waals surface area contributed by atoms with Gasteiger partial charge in [-0.3, -0.25) is 14.4 Å². The van der Waals surface area contributed by atoms with E-state index in [0.29, 0.717) is 39.0 Å². The van der Waals surface area contributed by atoms with E-state index in [4.69, 9.17) is 4.74 Å². The number of amides is 2. The second-order valence-electron chi connectivity index (χ2n) is 7.03. The Balaban J connectivity index is 2.08. The van der Waals surface area contributed by atoms with E-state index in [1.54, 1.807) is 7.11 Å². The quantitative estimate of drug-likeness (QED) is 0.412. The van der Waals surface area contributed by atoms with Crippen molar-refractivity contribution in [2.45, 2.75) is 57.9 Å². The first-order chi connectivity index (χ1) is 12.0. The Morgan fingerprint density at radius 2 is 2.20 bits per heavy atom. The van der Waals surface area contributed by atoms with Crippen LogP contribution in [0.15, 0.2) is 12.2 Å². The largest absolute Gasteiger partial charge is 0.383 e. The highest BCUT2D eigenvalue weighted by atomic mass is 16.5. The van der Waals surface area contributed by atoms with E-state index in [2.05, 4.69) is 5.32 Å². The number of hydrogen-bond acceptors (Lipinski definition) is 4. The molecule has 25 heavy (non-hydrogen) atoms. The molecule has 0 bridgehead atoms. The number of rotatable bonds is 8. The summed E-state index contributed by atoms with van der Waals surface area (Å²) in [5.41, 5.74) is -1.02. The number of nitrogens with one attached hydrogen (secondary N) is 1. The zero-order valence-corrected chi connectivity index (χ0v) is 15.4. The highest BCUT2D eigenvalue weighted by Gasteiger charge is 2.47. The molecule has 6 nitrogen and oxygen atoms in total. The summed E-state index contributed by atoms with van der Waals surface area (Å²) in [6, 6.07) is 0.0666. The first-order valence-electron chi connectivity index (χ1n) is 9.26. The maximum absolute atomic E-state index is 13.3. The van der Waals surface area contributed by atoms with Crippen LogP contribution in [0.2, 0.25) is 0 Å². The Hall–Kier alpha value is -1.69. The fourth-order valence-electron chi connectivity index (χ4n) is 3.85. The maximum atomic E-state index is 13.3. The number of allylic oxidation sites excluding steroid dienone is 1. The minimum Gasteiger partial charge on any atom is -0.383 e. The van der Waals surface area contributed by atoms with Gasteiger partial charge in [0.05, 0.1) is 12.6 Å². The maximum Gasteiger partial charge on any atom is 0.240 e. The van der Waals surface area contributed by atoms with Gasteiger partial charge in [0, 0.05) is 33.5 Å². The molecule has 0 unspecified atom stereocenters. The molecule has 1 N–H and O–H groups in total. The molecule has 0 aromatic carbocycles. The summed E-state index contributed by atoms with van der Waals surface area (Å²) in [4.78, 5) is 38.9. The van der Waals surface area contributed by atoms with E-state index in [9.17, 15) is 14.4 Å². The molecule has 0 spiro atoms. The monoisotopic (exact) mass is 350 g/mol. The van der Waals surface area contributed by atoms with Gasteiger partial charge in [0.1, 0.15) is 5.41 Å². The molecule has 6 heteroatoms. The second-order valence-corrected chi connectivity index (χ2v) is 7.03. The van der Waals surface area contributed by atoms with Crippen molar-refractivity contribution in [2.24, 2.45) is 5.41 Å². The van der Waals surface area contributed by atoms with Crippen LogP contribution in [0.25, 0.3) is 0 Å². The summed E-state index contributed by atoms with van der Waals surface area (Å²) in [6.07, 6.45) is 8.82. The first-order valence-corrected chi connectivity index (χ1v) is 9.26. The first kappa shape index (κ1) is 19.6. The second kappa shape index (κ2) is 9.13. The van der Waals surface area contributed by atoms with Crippen molar-refractivity contribution in [1.82, 2.24) is 10.2 Å². The van der Waals surface area contributed by atoms with Crippen LogP contribution >= 0.6 is 0 Å². The number of hydrogen-bond donors (Lipinski definition) is 1. The molecule has 0 aromatic rings. The van der Waals surface area contributed by atoms with Crippen LogP contribution in [0.4, 0.5) is 0 Å². The summed E-state index contributed by atoms with van der Waals surface area (Å²) in [6.45, 7) is 3.28. The molecular formula is C19H30N2O4. The fraction of sp³-hybridized carbons (Fsp3) is 0.737. The van der Waals surface area contributed by atoms with E-state index >= 15 is 0 Å². The number of ketones is 1. The lowest BCUT2D eigenvalue weighted by molar-refractivity contribution is -0.148. The lowest BCUT2D eigenvalue weighted by atomic mass is 9.72. The Morgan fingerprint density at radius 1 is 1.40 bits per heavy atom. The molecule has 2 aliphatic rings. The summed E-state index contributed by atoms with van der Waals surface area (Å²) >= 11 is 0. The number of carbonyl (C=O) groups is 3. The highest BCUT2D eigenvalue weighted by Crippen LogP contribution is 2.37. The number of ether oxygens (including phenoxy) is 1. The zero-order valence-electron chi connectivity index (χ0n) is 15.4. The van der Waals surface area contributed by atoms with Gasteiger partial charge in [0.15, 0.2) is 5.78 Å². The summed E-state index contributed by atoms with van der Waals surface area (Å²) in [5.74, 6) is -0.0889. The molecule has 140 valence electrons. The van der Waals surface area contributed by atoms with E-state index in [1.807, 2.05) is 17.1 Å². The van der Waals surface area contributed by atoms with Gasteiger partial charge in [0.25, 0.3) is 0 Å². The molecule has 1 aliphatic carbocycles. The lowest BCUT2D eigenvalue weighted by Gasteiger charge is -2.36. The summed E-state index contributed by atoms with van der Waals surface area (Å²) in [5, 5.41) is 2.76. The molecule has 2 atom stereocenters. The number of nitrogens with zero attached hydrogens (tertiary/aromatic N) is 1. The van der Waals surface area contributed by atoms with Crippen molar-refractivity contribution in [1.29, 1.82) is 0 Å². The van der Waals surface area contributed by atoms with Gasteiger partial charge in [-0.15, -0.1) is 0 Å². The third-order valence-electron chi connectivity index (χ3n) is 5.19. The highest BCUT2D eigenvalue weighted by molar-refractivity contribution is 6.08. The van der Waals surface area contributed by atoms with Crippen molar-refractivity contribution in [3.05, 3.63) is 12.2 Å². The number of unbranched alkanes of at least 4 members (excludes halogenated alkanes) is 1. The normalized spacial score (nSPS) is 26.1. The molecule has 1 saturated heterocycles. The minimum atomic E-state index is -1.02. The molecule has 0 radical (unpaired) electrons. The van der Waals surface area contributed by atoms with Crippen LogP contribution in [0.5, 0.6) is 0 Å². The summed E-state index contributed by atoms with van der Waals surface area (Å²) < 4.78 is 5.25. The molecule has 0 aromatic heterocycles. The topological polar surface area (TPSA) is 75.7 Å². The predicted octanol–water partition coefficient (Wildman–Crippen LogP) is 1.84. The molecule has 1 heterocycles. The van der Waals surface area contributed by atoms with E-state index in [1.165, 1.54) is 6.92 Å². The Kier molecular flexibility index (Phi) is 7.17. The van der Waals surface area contributed by atoms with Crippen LogP contribution in [-0.2, 0) is 19.1 Å². The number of methoxy groups -OCH3 is 1. The average Bonchev–Trinajstić information content (AvgIpc) is 3.04. The van der Waals surface area contributed by atoms with Crippen LogP contribution in [0, 0.1) is 5.41 Å². The molecule has 1 fully saturated rings. The van der Waals surface area contributed by atoms with Crippen LogP contribution in [0.1, 0.15) is 51.9 Å². The standard InChI is InChI=1S/C19H30N2O4/c1-15(22)20-12-6-5-11-19(10-4-3-9-17(19)23)18(24)21-13-7-8-16(21)14-25-2/h4,10,16H,3,5-9,11-14H2,1-2H3,(H,20,22)/t16-,19-/m0/s1. The van der Waals surface area contributed by atoms with E-state index < -0.39 is 5.41 Å². The van der Waals surface area contributed by atoms with Gasteiger partial charge in [-0.2, -0.15) is 0 Å². The number of carbonyl (C=O) groups excluding carboxylic acids is 3. The zero-order chi connectivity index (χ0) is 18.3. The Morgan fingerprint density at radius 3 is 2.88 bits per heavy atom. The SMILES string of the molecule is COC[C@@H]1CCCN1C(=O)[C@]1(CCCCNC(C)=O)C=CCCC1=O. The molecule has 2 rings (SSSR count). The molecule has 1 aliphatic heterocycles. The number of likely N-dealkylation sites (tertiary alicyclic amines) is 1. The Bertz CT molecular complexity index is 532. The van der Waals surface area contributed by atoms with Gasteiger partial charge in [0.2, 0.25) is 11.8 Å². The van der Waals surface area contributed by atoms with Crippen molar-refractivity contribution < 1.29 is 19.1 Å². The smallest absolute Gasteiger partial charge is 0.240 e. The molecular weight excluding hydrogens is 320 g/mol. The summed E-state index contributed by atoms with van der Waals surface area (Å²) in [7, 11) is 1.64. The van der Waals surface area contributed by atoms with Crippen molar-refractivity contribution in [3.8, 4) is 0 Å². The number of Topliss-reactive ketones (excluding diaryl/α,β-unsaturated/α-hetero) is 1. The average molecular weight is 350 g/mol. The minimum absolute atomic E-state index is 0.0302. The van der Waals surface area contributed by atoms with Crippen LogP contribution < -0.4 is 5.32 Å². The third-order valence-corrected chi connectivity index (χ3v) is 5.19. The van der Waals surface area contributed by atoms with Gasteiger partial charge >= 0.3 is 0 Å². The van der Waals surface area contributed by atoms with Gasteiger partial charge in [-0.1, -0.05) is 12.2 Å². The van der Waals surface area contributed by atoms with Crippen molar-refractivity contribution in [3.63, 3.8) is 0 Å². The molecule has 2 amide bonds. The predicted molar refractivity (Wildman–Crippen MR) is 95.0 cm³/mol. The molecule has 0 saturated carbocycles.